The van der Waals surface area contributed by atoms with Crippen LogP contribution < -0.4 is 5.32 Å². The third-order valence-electron chi connectivity index (χ3n) is 3.86. The van der Waals surface area contributed by atoms with E-state index in [1.807, 2.05) is 0 Å². The molecule has 118 valence electrons. The fourth-order valence-electron chi connectivity index (χ4n) is 2.60. The number of hydrogen-bond acceptors (Lipinski definition) is 3. The molecule has 0 spiro atoms. The molecule has 2 N–H and O–H groups in total. The van der Waals surface area contributed by atoms with Gasteiger partial charge >= 0.3 is 5.97 Å². The summed E-state index contributed by atoms with van der Waals surface area (Å²) in [5.41, 5.74) is 0.637. The van der Waals surface area contributed by atoms with Gasteiger partial charge in [0.05, 0.1) is 12.0 Å². The highest BCUT2D eigenvalue weighted by Gasteiger charge is 2.43. The van der Waals surface area contributed by atoms with Gasteiger partial charge in [0.25, 0.3) is 0 Å². The van der Waals surface area contributed by atoms with E-state index in [1.165, 1.54) is 36.1 Å². The van der Waals surface area contributed by atoms with Gasteiger partial charge in [-0.15, -0.1) is 0 Å². The van der Waals surface area contributed by atoms with Crippen LogP contribution in [0.3, 0.4) is 0 Å². The Morgan fingerprint density at radius 3 is 2.50 bits per heavy atom. The molecule has 1 fully saturated rings. The molecule has 1 aliphatic heterocycles. The number of nitrogens with one attached hydrogen (secondary N) is 1. The number of carboxylic acid groups (broad SMARTS) is 1. The van der Waals surface area contributed by atoms with Crippen LogP contribution in [0.4, 0.5) is 4.39 Å². The van der Waals surface area contributed by atoms with Crippen molar-refractivity contribution in [2.75, 3.05) is 7.05 Å². The maximum atomic E-state index is 13.0. The van der Waals surface area contributed by atoms with E-state index in [0.717, 1.165) is 0 Å². The molecule has 0 bridgehead atoms. The molecule has 1 aromatic rings. The molecule has 1 heterocycles. The zero-order valence-electron chi connectivity index (χ0n) is 12.2. The fourth-order valence-corrected chi connectivity index (χ4v) is 2.60. The number of benzene rings is 1. The van der Waals surface area contributed by atoms with Gasteiger partial charge in [0, 0.05) is 13.5 Å². The van der Waals surface area contributed by atoms with Crippen LogP contribution in [0.1, 0.15) is 24.9 Å². The SMILES string of the molecule is C[C@H](NC(=O)C1CC(=O)N(C)C1c1ccc(F)cc1)C(=O)O. The van der Waals surface area contributed by atoms with Crippen LogP contribution in [0.15, 0.2) is 24.3 Å². The maximum Gasteiger partial charge on any atom is 0.325 e. The van der Waals surface area contributed by atoms with Crippen molar-refractivity contribution in [3.63, 3.8) is 0 Å². The molecule has 6 nitrogen and oxygen atoms in total. The molecule has 0 aliphatic carbocycles. The van der Waals surface area contributed by atoms with Crippen LogP contribution in [0.2, 0.25) is 0 Å². The van der Waals surface area contributed by atoms with E-state index in [-0.39, 0.29) is 12.3 Å². The Hall–Kier alpha value is -2.44. The Morgan fingerprint density at radius 2 is 1.95 bits per heavy atom. The molecule has 1 aromatic carbocycles. The third kappa shape index (κ3) is 3.08. The average Bonchev–Trinajstić information content (AvgIpc) is 2.76. The highest BCUT2D eigenvalue weighted by Crippen LogP contribution is 2.37. The summed E-state index contributed by atoms with van der Waals surface area (Å²) < 4.78 is 13.0. The van der Waals surface area contributed by atoms with Gasteiger partial charge in [0.1, 0.15) is 11.9 Å². The van der Waals surface area contributed by atoms with Gasteiger partial charge in [-0.1, -0.05) is 12.1 Å². The second kappa shape index (κ2) is 6.13. The average molecular weight is 308 g/mol. The van der Waals surface area contributed by atoms with Gasteiger partial charge in [0.2, 0.25) is 11.8 Å². The summed E-state index contributed by atoms with van der Waals surface area (Å²) in [6.07, 6.45) is -0.00326. The molecular weight excluding hydrogens is 291 g/mol. The Morgan fingerprint density at radius 1 is 1.36 bits per heavy atom. The Kier molecular flexibility index (Phi) is 4.44. The van der Waals surface area contributed by atoms with E-state index in [0.29, 0.717) is 5.56 Å². The summed E-state index contributed by atoms with van der Waals surface area (Å²) in [5, 5.41) is 11.2. The number of likely N-dealkylation sites (tertiary alicyclic amines) is 1. The lowest BCUT2D eigenvalue weighted by atomic mass is 9.92. The maximum absolute atomic E-state index is 13.0. The summed E-state index contributed by atoms with van der Waals surface area (Å²) >= 11 is 0. The first kappa shape index (κ1) is 15.9. The molecule has 1 aliphatic rings. The van der Waals surface area contributed by atoms with E-state index < -0.39 is 35.7 Å². The quantitative estimate of drug-likeness (QED) is 0.866. The minimum Gasteiger partial charge on any atom is -0.480 e. The monoisotopic (exact) mass is 308 g/mol. The number of carbonyl (C=O) groups excluding carboxylic acids is 2. The molecule has 2 amide bonds. The second-order valence-corrected chi connectivity index (χ2v) is 5.38. The zero-order chi connectivity index (χ0) is 16.4. The topological polar surface area (TPSA) is 86.7 Å². The van der Waals surface area contributed by atoms with Crippen molar-refractivity contribution >= 4 is 17.8 Å². The van der Waals surface area contributed by atoms with E-state index in [4.69, 9.17) is 5.11 Å². The van der Waals surface area contributed by atoms with Gasteiger partial charge in [-0.05, 0) is 24.6 Å². The zero-order valence-corrected chi connectivity index (χ0v) is 12.2. The molecule has 3 atom stereocenters. The van der Waals surface area contributed by atoms with Crippen LogP contribution in [-0.4, -0.2) is 40.9 Å². The largest absolute Gasteiger partial charge is 0.480 e. The molecule has 2 unspecified atom stereocenters. The standard InChI is InChI=1S/C15H17FN2O4/c1-8(15(21)22)17-14(20)11-7-12(19)18(2)13(11)9-3-5-10(16)6-4-9/h3-6,8,11,13H,7H2,1-2H3,(H,17,20)(H,21,22)/t8-,11?,13?/m0/s1. The van der Waals surface area contributed by atoms with Gasteiger partial charge in [0.15, 0.2) is 0 Å². The van der Waals surface area contributed by atoms with Crippen molar-refractivity contribution < 1.29 is 23.9 Å². The van der Waals surface area contributed by atoms with Crippen LogP contribution in [0, 0.1) is 11.7 Å². The Labute approximate surface area is 126 Å². The van der Waals surface area contributed by atoms with Gasteiger partial charge in [-0.25, -0.2) is 4.39 Å². The third-order valence-corrected chi connectivity index (χ3v) is 3.86. The summed E-state index contributed by atoms with van der Waals surface area (Å²) in [5.74, 6) is -2.97. The summed E-state index contributed by atoms with van der Waals surface area (Å²) in [7, 11) is 1.57. The number of hydrogen-bond donors (Lipinski definition) is 2. The number of aliphatic carboxylic acids is 1. The van der Waals surface area contributed by atoms with Crippen molar-refractivity contribution in [3.05, 3.63) is 35.6 Å². The first-order valence-electron chi connectivity index (χ1n) is 6.85. The highest BCUT2D eigenvalue weighted by molar-refractivity contribution is 5.92. The molecular formula is C15H17FN2O4. The first-order valence-corrected chi connectivity index (χ1v) is 6.85. The number of nitrogens with zero attached hydrogens (tertiary/aromatic N) is 1. The van der Waals surface area contributed by atoms with Crippen LogP contribution in [-0.2, 0) is 14.4 Å². The van der Waals surface area contributed by atoms with E-state index >= 15 is 0 Å². The van der Waals surface area contributed by atoms with Gasteiger partial charge in [-0.2, -0.15) is 0 Å². The molecule has 0 aromatic heterocycles. The van der Waals surface area contributed by atoms with Crippen molar-refractivity contribution in [2.24, 2.45) is 5.92 Å². The lowest BCUT2D eigenvalue weighted by molar-refractivity contribution is -0.142. The summed E-state index contributed by atoms with van der Waals surface area (Å²) in [6, 6.07) is 4.00. The Balaban J connectivity index is 2.25. The summed E-state index contributed by atoms with van der Waals surface area (Å²) in [4.78, 5) is 36.5. The number of rotatable bonds is 4. The van der Waals surface area contributed by atoms with Gasteiger partial charge < -0.3 is 15.3 Å². The molecule has 22 heavy (non-hydrogen) atoms. The van der Waals surface area contributed by atoms with Crippen molar-refractivity contribution in [1.29, 1.82) is 0 Å². The van der Waals surface area contributed by atoms with Gasteiger partial charge in [-0.3, -0.25) is 14.4 Å². The smallest absolute Gasteiger partial charge is 0.325 e. The fraction of sp³-hybridized carbons (Fsp3) is 0.400. The Bertz CT molecular complexity index is 602. The number of carboxylic acids is 1. The second-order valence-electron chi connectivity index (χ2n) is 5.38. The van der Waals surface area contributed by atoms with Crippen LogP contribution in [0.25, 0.3) is 0 Å². The number of halogens is 1. The minimum absolute atomic E-state index is 0.00326. The van der Waals surface area contributed by atoms with E-state index in [9.17, 15) is 18.8 Å². The van der Waals surface area contributed by atoms with Crippen LogP contribution >= 0.6 is 0 Å². The van der Waals surface area contributed by atoms with E-state index in [1.54, 1.807) is 7.05 Å². The van der Waals surface area contributed by atoms with Crippen molar-refractivity contribution in [3.8, 4) is 0 Å². The van der Waals surface area contributed by atoms with E-state index in [2.05, 4.69) is 5.32 Å². The summed E-state index contributed by atoms with van der Waals surface area (Å²) in [6.45, 7) is 1.35. The lowest BCUT2D eigenvalue weighted by Gasteiger charge is -2.25. The predicted octanol–water partition coefficient (Wildman–Crippen LogP) is 0.934. The van der Waals surface area contributed by atoms with Crippen molar-refractivity contribution in [1.82, 2.24) is 10.2 Å². The lowest BCUT2D eigenvalue weighted by Crippen LogP contribution is -2.43. The molecule has 0 saturated carbocycles. The number of carbonyl (C=O) groups is 3. The highest BCUT2D eigenvalue weighted by atomic mass is 19.1. The molecule has 2 rings (SSSR count). The molecule has 1 saturated heterocycles. The molecule has 0 radical (unpaired) electrons. The molecule has 7 heteroatoms. The first-order chi connectivity index (χ1) is 10.3. The number of amides is 2. The van der Waals surface area contributed by atoms with Crippen molar-refractivity contribution in [2.45, 2.75) is 25.4 Å². The predicted molar refractivity (Wildman–Crippen MR) is 75.3 cm³/mol. The minimum atomic E-state index is -1.15. The van der Waals surface area contributed by atoms with Crippen LogP contribution in [0.5, 0.6) is 0 Å². The normalized spacial score (nSPS) is 22.5.